The second-order valence-corrected chi connectivity index (χ2v) is 9.49. The van der Waals surface area contributed by atoms with Gasteiger partial charge in [0.2, 0.25) is 0 Å². The second-order valence-electron chi connectivity index (χ2n) is 9.49. The van der Waals surface area contributed by atoms with Crippen molar-refractivity contribution < 1.29 is 50.0 Å². The number of esters is 3. The number of likely N-dealkylation sites (N-methyl/N-ethyl adjacent to an activating group) is 3. The van der Waals surface area contributed by atoms with Crippen molar-refractivity contribution in [3.05, 3.63) is 37.5 Å². The van der Waals surface area contributed by atoms with Crippen LogP contribution in [0.15, 0.2) is 37.5 Å². The standard InChI is InChI=1S/C9H18NO2.C8H16NO2.C7H13NO2.2CH4.ClH/c1-8(2)9(11)12-7-6-10(3,4)5;1-5-8(10)11-7-6-9(2,3)4;1-4-7(9)10-6-5-8(2)3;;;/h1,6-7H2,2-5H3;5H,1,6-7H2,2-4H3;4H,1,5-6H2,2-3H3;2*1H4;1H/q2*+1;;;;/p-1. The average molecular weight is 541 g/mol. The molecule has 0 heterocycles. The molecular formula is C26H55ClN3O6+. The van der Waals surface area contributed by atoms with Crippen LogP contribution < -0.4 is 12.4 Å². The van der Waals surface area contributed by atoms with E-state index in [0.29, 0.717) is 25.4 Å². The molecule has 216 valence electrons. The molecule has 0 fully saturated rings. The predicted octanol–water partition coefficient (Wildman–Crippen LogP) is -0.213. The van der Waals surface area contributed by atoms with E-state index in [4.69, 9.17) is 14.2 Å². The third-order valence-electron chi connectivity index (χ3n) is 3.47. The first-order chi connectivity index (χ1) is 14.9. The van der Waals surface area contributed by atoms with Gasteiger partial charge in [0.05, 0.1) is 42.3 Å². The van der Waals surface area contributed by atoms with Crippen molar-refractivity contribution in [3.63, 3.8) is 0 Å². The molecule has 0 aromatic rings. The number of quaternary nitrogens is 2. The number of hydrogen-bond acceptors (Lipinski definition) is 7. The molecule has 0 atom stereocenters. The Hall–Kier alpha value is -2.20. The summed E-state index contributed by atoms with van der Waals surface area (Å²) in [6.45, 7) is 15.4. The van der Waals surface area contributed by atoms with Crippen LogP contribution in [0.2, 0.25) is 0 Å². The Bertz CT molecular complexity index is 624. The summed E-state index contributed by atoms with van der Waals surface area (Å²) in [6.07, 6.45) is 2.34. The number of carbonyl (C=O) groups excluding carboxylic acids is 3. The smallest absolute Gasteiger partial charge is 0.333 e. The fraction of sp³-hybridized carbons (Fsp3) is 0.654. The number of carbonyl (C=O) groups is 3. The summed E-state index contributed by atoms with van der Waals surface area (Å²) in [5, 5.41) is 0. The highest BCUT2D eigenvalue weighted by molar-refractivity contribution is 5.86. The highest BCUT2D eigenvalue weighted by Crippen LogP contribution is 1.94. The van der Waals surface area contributed by atoms with Crippen molar-refractivity contribution in [1.82, 2.24) is 4.90 Å². The number of halogens is 1. The third-order valence-corrected chi connectivity index (χ3v) is 3.47. The normalized spacial score (nSPS) is 9.61. The first-order valence-corrected chi connectivity index (χ1v) is 10.6. The van der Waals surface area contributed by atoms with E-state index in [1.165, 1.54) is 6.08 Å². The minimum atomic E-state index is -0.359. The molecule has 0 radical (unpaired) electrons. The molecule has 0 aliphatic carbocycles. The number of rotatable bonds is 12. The Labute approximate surface area is 227 Å². The van der Waals surface area contributed by atoms with Crippen molar-refractivity contribution in [2.24, 2.45) is 0 Å². The van der Waals surface area contributed by atoms with Gasteiger partial charge in [-0.15, -0.1) is 0 Å². The van der Waals surface area contributed by atoms with E-state index < -0.39 is 0 Å². The second kappa shape index (κ2) is 25.9. The monoisotopic (exact) mass is 540 g/mol. The zero-order valence-corrected chi connectivity index (χ0v) is 23.4. The summed E-state index contributed by atoms with van der Waals surface area (Å²) in [5.74, 6) is -1.01. The van der Waals surface area contributed by atoms with Crippen LogP contribution in [-0.2, 0) is 28.6 Å². The number of ether oxygens (including phenoxy) is 3. The van der Waals surface area contributed by atoms with Crippen LogP contribution in [0.5, 0.6) is 0 Å². The van der Waals surface area contributed by atoms with E-state index in [2.05, 4.69) is 40.9 Å². The van der Waals surface area contributed by atoms with Gasteiger partial charge in [0.1, 0.15) is 32.9 Å². The van der Waals surface area contributed by atoms with Gasteiger partial charge in [-0.25, -0.2) is 14.4 Å². The highest BCUT2D eigenvalue weighted by Gasteiger charge is 2.09. The molecular weight excluding hydrogens is 486 g/mol. The van der Waals surface area contributed by atoms with Crippen LogP contribution in [0, 0.1) is 0 Å². The summed E-state index contributed by atoms with van der Waals surface area (Å²) in [5.41, 5.74) is 0.455. The van der Waals surface area contributed by atoms with Crippen LogP contribution in [0.4, 0.5) is 0 Å². The Morgan fingerprint density at radius 2 is 1.08 bits per heavy atom. The SMILES string of the molecule is C.C.C=C(C)C(=O)OCC[N+](C)(C)C.C=CC(=O)OCCN(C)C.C=CC(=O)OCC[N+](C)(C)C.[Cl-]. The lowest BCUT2D eigenvalue weighted by molar-refractivity contribution is -0.870. The molecule has 0 rings (SSSR count). The van der Waals surface area contributed by atoms with E-state index in [0.717, 1.165) is 34.7 Å². The lowest BCUT2D eigenvalue weighted by atomic mass is 10.4. The van der Waals surface area contributed by atoms with Crippen molar-refractivity contribution in [3.8, 4) is 0 Å². The molecule has 0 bridgehead atoms. The molecule has 0 saturated carbocycles. The van der Waals surface area contributed by atoms with Crippen molar-refractivity contribution >= 4 is 17.9 Å². The van der Waals surface area contributed by atoms with E-state index in [-0.39, 0.29) is 45.2 Å². The van der Waals surface area contributed by atoms with Crippen molar-refractivity contribution in [1.29, 1.82) is 0 Å². The molecule has 0 amide bonds. The maximum absolute atomic E-state index is 10.9. The molecule has 0 spiro atoms. The quantitative estimate of drug-likeness (QED) is 0.147. The van der Waals surface area contributed by atoms with Crippen molar-refractivity contribution in [2.75, 3.05) is 95.8 Å². The Morgan fingerprint density at radius 3 is 1.36 bits per heavy atom. The molecule has 36 heavy (non-hydrogen) atoms. The molecule has 9 nitrogen and oxygen atoms in total. The van der Waals surface area contributed by atoms with Crippen LogP contribution in [-0.4, -0.2) is 128 Å². The molecule has 0 aliphatic heterocycles. The van der Waals surface area contributed by atoms with E-state index in [1.54, 1.807) is 6.92 Å². The maximum Gasteiger partial charge on any atom is 0.333 e. The van der Waals surface area contributed by atoms with Gasteiger partial charge in [0.15, 0.2) is 0 Å². The first-order valence-electron chi connectivity index (χ1n) is 10.6. The van der Waals surface area contributed by atoms with Gasteiger partial charge in [0, 0.05) is 24.3 Å². The van der Waals surface area contributed by atoms with Gasteiger partial charge in [-0.1, -0.05) is 34.6 Å². The summed E-state index contributed by atoms with van der Waals surface area (Å²) in [7, 11) is 16.1. The van der Waals surface area contributed by atoms with E-state index in [9.17, 15) is 14.4 Å². The fourth-order valence-corrected chi connectivity index (χ4v) is 1.40. The van der Waals surface area contributed by atoms with Crippen LogP contribution in [0.3, 0.4) is 0 Å². The molecule has 0 saturated heterocycles. The maximum atomic E-state index is 10.9. The van der Waals surface area contributed by atoms with Crippen LogP contribution in [0.25, 0.3) is 0 Å². The minimum Gasteiger partial charge on any atom is -1.00 e. The largest absolute Gasteiger partial charge is 1.00 e. The average Bonchev–Trinajstić information content (AvgIpc) is 2.66. The van der Waals surface area contributed by atoms with Gasteiger partial charge in [-0.3, -0.25) is 0 Å². The molecule has 0 unspecified atom stereocenters. The lowest BCUT2D eigenvalue weighted by Crippen LogP contribution is -3.00. The van der Waals surface area contributed by atoms with Crippen LogP contribution >= 0.6 is 0 Å². The minimum absolute atomic E-state index is 0. The summed E-state index contributed by atoms with van der Waals surface area (Å²) in [6, 6.07) is 0. The predicted molar refractivity (Wildman–Crippen MR) is 146 cm³/mol. The van der Waals surface area contributed by atoms with E-state index in [1.807, 2.05) is 40.1 Å². The van der Waals surface area contributed by atoms with E-state index >= 15 is 0 Å². The zero-order valence-electron chi connectivity index (χ0n) is 22.7. The number of hydrogen-bond donors (Lipinski definition) is 0. The van der Waals surface area contributed by atoms with Gasteiger partial charge < -0.3 is 40.5 Å². The first kappa shape index (κ1) is 47.1. The Kier molecular flexibility index (Phi) is 33.8. The highest BCUT2D eigenvalue weighted by atomic mass is 35.5. The van der Waals surface area contributed by atoms with Crippen molar-refractivity contribution in [2.45, 2.75) is 21.8 Å². The fourth-order valence-electron chi connectivity index (χ4n) is 1.40. The van der Waals surface area contributed by atoms with Gasteiger partial charge >= 0.3 is 17.9 Å². The molecule has 0 aromatic heterocycles. The molecule has 0 aromatic carbocycles. The topological polar surface area (TPSA) is 82.1 Å². The zero-order chi connectivity index (χ0) is 26.7. The molecule has 0 N–H and O–H groups in total. The summed E-state index contributed by atoms with van der Waals surface area (Å²) >= 11 is 0. The summed E-state index contributed by atoms with van der Waals surface area (Å²) < 4.78 is 16.0. The van der Waals surface area contributed by atoms with Gasteiger partial charge in [-0.2, -0.15) is 0 Å². The molecule has 0 aliphatic rings. The Morgan fingerprint density at radius 1 is 0.750 bits per heavy atom. The van der Waals surface area contributed by atoms with Crippen LogP contribution in [0.1, 0.15) is 21.8 Å². The lowest BCUT2D eigenvalue weighted by Gasteiger charge is -2.23. The third kappa shape index (κ3) is 45.3. The summed E-state index contributed by atoms with van der Waals surface area (Å²) in [4.78, 5) is 33.8. The Balaban J connectivity index is -0.0000000903. The van der Waals surface area contributed by atoms with Gasteiger partial charge in [0.25, 0.3) is 0 Å². The molecule has 10 heteroatoms. The number of nitrogens with zero attached hydrogens (tertiary/aromatic N) is 3. The van der Waals surface area contributed by atoms with Gasteiger partial charge in [-0.05, 0) is 21.0 Å².